The van der Waals surface area contributed by atoms with Gasteiger partial charge in [0.15, 0.2) is 5.78 Å². The summed E-state index contributed by atoms with van der Waals surface area (Å²) in [4.78, 5) is 12.2. The molecule has 0 unspecified atom stereocenters. The molecule has 1 aromatic heterocycles. The Kier molecular flexibility index (Phi) is 4.42. The molecule has 13 heavy (non-hydrogen) atoms. The van der Waals surface area contributed by atoms with E-state index < -0.39 is 0 Å². The number of hydrogen-bond acceptors (Lipinski definition) is 3. The number of ketones is 1. The molecule has 72 valence electrons. The molecule has 0 saturated carbocycles. The monoisotopic (exact) mass is 217 g/mol. The van der Waals surface area contributed by atoms with Crippen molar-refractivity contribution < 1.29 is 4.79 Å². The standard InChI is InChI=1S/C9H12ClNOS/c1-11-5-2-3-8(12)9-7(10)4-6-13-9/h4,6,11H,2-3,5H2,1H3. The Labute approximate surface area is 86.9 Å². The molecule has 0 spiro atoms. The maximum atomic E-state index is 11.5. The van der Waals surface area contributed by atoms with E-state index in [9.17, 15) is 4.79 Å². The lowest BCUT2D eigenvalue weighted by molar-refractivity contribution is 0.0984. The maximum absolute atomic E-state index is 11.5. The van der Waals surface area contributed by atoms with Gasteiger partial charge in [0.25, 0.3) is 0 Å². The van der Waals surface area contributed by atoms with Crippen LogP contribution in [0.4, 0.5) is 0 Å². The predicted octanol–water partition coefficient (Wildman–Crippen LogP) is 2.58. The van der Waals surface area contributed by atoms with E-state index in [1.54, 1.807) is 6.07 Å². The fourth-order valence-electron chi connectivity index (χ4n) is 1.03. The summed E-state index contributed by atoms with van der Waals surface area (Å²) in [5.41, 5.74) is 0. The van der Waals surface area contributed by atoms with E-state index in [-0.39, 0.29) is 5.78 Å². The molecule has 2 nitrogen and oxygen atoms in total. The molecule has 1 aromatic rings. The van der Waals surface area contributed by atoms with Crippen molar-refractivity contribution in [1.82, 2.24) is 5.32 Å². The van der Waals surface area contributed by atoms with Crippen LogP contribution in [-0.4, -0.2) is 19.4 Å². The van der Waals surface area contributed by atoms with Gasteiger partial charge in [0.1, 0.15) is 0 Å². The van der Waals surface area contributed by atoms with E-state index in [0.717, 1.165) is 13.0 Å². The molecule has 0 fully saturated rings. The number of hydrogen-bond donors (Lipinski definition) is 1. The van der Waals surface area contributed by atoms with Gasteiger partial charge in [-0.05, 0) is 31.5 Å². The van der Waals surface area contributed by atoms with Crippen molar-refractivity contribution in [2.45, 2.75) is 12.8 Å². The van der Waals surface area contributed by atoms with Crippen molar-refractivity contribution in [2.24, 2.45) is 0 Å². The zero-order valence-corrected chi connectivity index (χ0v) is 9.04. The van der Waals surface area contributed by atoms with Crippen LogP contribution < -0.4 is 5.32 Å². The molecule has 0 bridgehead atoms. The van der Waals surface area contributed by atoms with Crippen LogP contribution in [0.25, 0.3) is 0 Å². The van der Waals surface area contributed by atoms with Crippen molar-refractivity contribution in [1.29, 1.82) is 0 Å². The minimum Gasteiger partial charge on any atom is -0.320 e. The number of carbonyl (C=O) groups excluding carboxylic acids is 1. The van der Waals surface area contributed by atoms with Crippen molar-refractivity contribution >= 4 is 28.7 Å². The van der Waals surface area contributed by atoms with Gasteiger partial charge in [-0.3, -0.25) is 4.79 Å². The summed E-state index contributed by atoms with van der Waals surface area (Å²) >= 11 is 7.24. The van der Waals surface area contributed by atoms with E-state index in [0.29, 0.717) is 16.3 Å². The fourth-order valence-corrected chi connectivity index (χ4v) is 2.16. The Hall–Kier alpha value is -0.380. The number of thiophene rings is 1. The van der Waals surface area contributed by atoms with Gasteiger partial charge in [0, 0.05) is 6.42 Å². The maximum Gasteiger partial charge on any atom is 0.174 e. The normalized spacial score (nSPS) is 10.3. The highest BCUT2D eigenvalue weighted by Gasteiger charge is 2.10. The Balaban J connectivity index is 2.45. The second-order valence-electron chi connectivity index (χ2n) is 2.73. The molecule has 4 heteroatoms. The lowest BCUT2D eigenvalue weighted by Gasteiger charge is -1.98. The quantitative estimate of drug-likeness (QED) is 0.607. The van der Waals surface area contributed by atoms with Crippen LogP contribution in [0.2, 0.25) is 5.02 Å². The summed E-state index contributed by atoms with van der Waals surface area (Å²) in [5.74, 6) is 0.148. The highest BCUT2D eigenvalue weighted by Crippen LogP contribution is 2.23. The zero-order chi connectivity index (χ0) is 9.68. The average Bonchev–Trinajstić information content (AvgIpc) is 2.52. The van der Waals surface area contributed by atoms with E-state index in [1.165, 1.54) is 11.3 Å². The fraction of sp³-hybridized carbons (Fsp3) is 0.444. The van der Waals surface area contributed by atoms with Crippen LogP contribution in [0.5, 0.6) is 0 Å². The van der Waals surface area contributed by atoms with Gasteiger partial charge in [0.05, 0.1) is 9.90 Å². The second kappa shape index (κ2) is 5.37. The Morgan fingerprint density at radius 3 is 3.00 bits per heavy atom. The number of halogens is 1. The summed E-state index contributed by atoms with van der Waals surface area (Å²) in [6.45, 7) is 0.870. The van der Waals surface area contributed by atoms with Crippen LogP contribution in [0.1, 0.15) is 22.5 Å². The van der Waals surface area contributed by atoms with Gasteiger partial charge in [-0.15, -0.1) is 11.3 Å². The molecule has 0 amide bonds. The number of Topliss-reactive ketones (excluding diaryl/α,β-unsaturated/α-hetero) is 1. The van der Waals surface area contributed by atoms with Crippen LogP contribution in [0.3, 0.4) is 0 Å². The Morgan fingerprint density at radius 1 is 1.69 bits per heavy atom. The van der Waals surface area contributed by atoms with Gasteiger partial charge in [-0.1, -0.05) is 11.6 Å². The summed E-state index contributed by atoms with van der Waals surface area (Å²) in [6, 6.07) is 1.76. The van der Waals surface area contributed by atoms with Gasteiger partial charge in [-0.2, -0.15) is 0 Å². The number of nitrogens with one attached hydrogen (secondary N) is 1. The van der Waals surface area contributed by atoms with Crippen LogP contribution in [-0.2, 0) is 0 Å². The largest absolute Gasteiger partial charge is 0.320 e. The smallest absolute Gasteiger partial charge is 0.174 e. The van der Waals surface area contributed by atoms with Crippen LogP contribution in [0, 0.1) is 0 Å². The van der Waals surface area contributed by atoms with Crippen LogP contribution >= 0.6 is 22.9 Å². The first-order valence-corrected chi connectivity index (χ1v) is 5.42. The van der Waals surface area contributed by atoms with Gasteiger partial charge in [0.2, 0.25) is 0 Å². The molecular weight excluding hydrogens is 206 g/mol. The summed E-state index contributed by atoms with van der Waals surface area (Å²) in [5, 5.41) is 5.42. The van der Waals surface area contributed by atoms with E-state index in [4.69, 9.17) is 11.6 Å². The average molecular weight is 218 g/mol. The Morgan fingerprint density at radius 2 is 2.46 bits per heavy atom. The zero-order valence-electron chi connectivity index (χ0n) is 7.47. The minimum atomic E-state index is 0.148. The first kappa shape index (κ1) is 10.7. The van der Waals surface area contributed by atoms with E-state index in [2.05, 4.69) is 5.32 Å². The first-order chi connectivity index (χ1) is 6.25. The molecular formula is C9H12ClNOS. The molecule has 1 heterocycles. The Bertz CT molecular complexity index is 285. The summed E-state index contributed by atoms with van der Waals surface area (Å²) < 4.78 is 0. The minimum absolute atomic E-state index is 0.148. The van der Waals surface area contributed by atoms with Crippen molar-refractivity contribution in [2.75, 3.05) is 13.6 Å². The molecule has 0 atom stereocenters. The molecule has 1 N–H and O–H groups in total. The molecule has 0 saturated heterocycles. The molecule has 1 rings (SSSR count). The lowest BCUT2D eigenvalue weighted by atomic mass is 10.2. The topological polar surface area (TPSA) is 29.1 Å². The third kappa shape index (κ3) is 3.10. The van der Waals surface area contributed by atoms with E-state index in [1.807, 2.05) is 12.4 Å². The lowest BCUT2D eigenvalue weighted by Crippen LogP contribution is -2.09. The van der Waals surface area contributed by atoms with Crippen molar-refractivity contribution in [3.8, 4) is 0 Å². The van der Waals surface area contributed by atoms with Gasteiger partial charge < -0.3 is 5.32 Å². The molecule has 0 radical (unpaired) electrons. The summed E-state index contributed by atoms with van der Waals surface area (Å²) in [6.07, 6.45) is 1.44. The number of rotatable bonds is 5. The third-order valence-electron chi connectivity index (χ3n) is 1.70. The van der Waals surface area contributed by atoms with Gasteiger partial charge in [-0.25, -0.2) is 0 Å². The highest BCUT2D eigenvalue weighted by molar-refractivity contribution is 7.12. The molecule has 0 aliphatic heterocycles. The number of carbonyl (C=O) groups is 1. The highest BCUT2D eigenvalue weighted by atomic mass is 35.5. The molecule has 0 aliphatic carbocycles. The van der Waals surface area contributed by atoms with E-state index >= 15 is 0 Å². The van der Waals surface area contributed by atoms with Crippen molar-refractivity contribution in [3.63, 3.8) is 0 Å². The SMILES string of the molecule is CNCCCC(=O)c1sccc1Cl. The first-order valence-electron chi connectivity index (χ1n) is 4.16. The third-order valence-corrected chi connectivity index (χ3v) is 3.08. The second-order valence-corrected chi connectivity index (χ2v) is 4.05. The van der Waals surface area contributed by atoms with Crippen molar-refractivity contribution in [3.05, 3.63) is 21.3 Å². The predicted molar refractivity (Wildman–Crippen MR) is 56.8 cm³/mol. The van der Waals surface area contributed by atoms with Crippen LogP contribution in [0.15, 0.2) is 11.4 Å². The van der Waals surface area contributed by atoms with Gasteiger partial charge >= 0.3 is 0 Å². The summed E-state index contributed by atoms with van der Waals surface area (Å²) in [7, 11) is 1.88. The molecule has 0 aliphatic rings. The molecule has 0 aromatic carbocycles.